The van der Waals surface area contributed by atoms with E-state index in [9.17, 15) is 4.39 Å². The van der Waals surface area contributed by atoms with Crippen molar-refractivity contribution < 1.29 is 13.9 Å². The van der Waals surface area contributed by atoms with Crippen molar-refractivity contribution in [2.75, 3.05) is 7.11 Å². The number of aryl methyl sites for hydroxylation is 1. The Hall–Kier alpha value is -5.43. The Morgan fingerprint density at radius 2 is 1.52 bits per heavy atom. The van der Waals surface area contributed by atoms with Gasteiger partial charge in [0.2, 0.25) is 0 Å². The summed E-state index contributed by atoms with van der Waals surface area (Å²) in [6, 6.07) is 32.7. The highest BCUT2D eigenvalue weighted by Gasteiger charge is 2.17. The minimum atomic E-state index is -0.354. The van der Waals surface area contributed by atoms with Gasteiger partial charge in [0, 0.05) is 46.4 Å². The molecule has 0 spiro atoms. The molecule has 7 rings (SSSR count). The molecule has 0 radical (unpaired) electrons. The predicted octanol–water partition coefficient (Wildman–Crippen LogP) is 8.59. The van der Waals surface area contributed by atoms with Crippen molar-refractivity contribution in [2.45, 2.75) is 13.8 Å². The van der Waals surface area contributed by atoms with Crippen molar-refractivity contribution in [1.29, 1.82) is 0 Å². The summed E-state index contributed by atoms with van der Waals surface area (Å²) in [4.78, 5) is 4.46. The number of nitrogens with zero attached hydrogens (tertiary/aromatic N) is 4. The summed E-state index contributed by atoms with van der Waals surface area (Å²) in [6.45, 7) is 4.11. The zero-order valence-corrected chi connectivity index (χ0v) is 23.4. The summed E-state index contributed by atoms with van der Waals surface area (Å²) < 4.78 is 30.0. The normalized spacial score (nSPS) is 11.3. The van der Waals surface area contributed by atoms with Crippen molar-refractivity contribution in [3.63, 3.8) is 0 Å². The average Bonchev–Trinajstić information content (AvgIpc) is 3.49. The second kappa shape index (κ2) is 10.2. The van der Waals surface area contributed by atoms with E-state index in [-0.39, 0.29) is 5.82 Å². The summed E-state index contributed by atoms with van der Waals surface area (Å²) in [5.74, 6) is 2.19. The third kappa shape index (κ3) is 4.36. The topological polar surface area (TPSA) is 54.1 Å². The van der Waals surface area contributed by atoms with E-state index in [2.05, 4.69) is 24.0 Å². The molecule has 0 aliphatic rings. The molecule has 6 nitrogen and oxygen atoms in total. The van der Waals surface area contributed by atoms with Crippen LogP contribution in [0.5, 0.6) is 17.2 Å². The van der Waals surface area contributed by atoms with E-state index < -0.39 is 0 Å². The Kier molecular flexibility index (Phi) is 6.20. The van der Waals surface area contributed by atoms with Gasteiger partial charge in [0.05, 0.1) is 29.5 Å². The molecule has 7 heteroatoms. The van der Waals surface area contributed by atoms with Gasteiger partial charge in [0.15, 0.2) is 0 Å². The van der Waals surface area contributed by atoms with Gasteiger partial charge in [0.1, 0.15) is 28.9 Å². The molecule has 0 amide bonds. The largest absolute Gasteiger partial charge is 0.497 e. The molecule has 42 heavy (non-hydrogen) atoms. The number of rotatable bonds is 6. The van der Waals surface area contributed by atoms with Crippen molar-refractivity contribution in [2.24, 2.45) is 0 Å². The minimum Gasteiger partial charge on any atom is -0.497 e. The number of benzene rings is 4. The standard InChI is InChI=1S/C35H27FN4O2/c1-22-35(24-8-5-4-6-9-24)23(2)40(38-22)26-10-7-11-28(19-26)42-29-12-14-30-31-20-27(41-3)13-15-32(31)39(33(30)21-29)34-18-25(36)16-17-37-34/h4-21H,1-3H3. The first-order valence-electron chi connectivity index (χ1n) is 13.6. The molecule has 0 N–H and O–H groups in total. The van der Waals surface area contributed by atoms with Crippen LogP contribution < -0.4 is 9.47 Å². The Morgan fingerprint density at radius 1 is 0.714 bits per heavy atom. The Balaban J connectivity index is 1.30. The molecule has 3 aromatic heterocycles. The number of hydrogen-bond acceptors (Lipinski definition) is 4. The van der Waals surface area contributed by atoms with Gasteiger partial charge in [-0.15, -0.1) is 0 Å². The van der Waals surface area contributed by atoms with Crippen molar-refractivity contribution >= 4 is 21.8 Å². The van der Waals surface area contributed by atoms with Crippen LogP contribution in [0.2, 0.25) is 0 Å². The van der Waals surface area contributed by atoms with E-state index in [0.29, 0.717) is 17.3 Å². The van der Waals surface area contributed by atoms with Gasteiger partial charge in [-0.05, 0) is 67.9 Å². The highest BCUT2D eigenvalue weighted by Crippen LogP contribution is 2.37. The minimum absolute atomic E-state index is 0.354. The number of ether oxygens (including phenoxy) is 2. The second-order valence-electron chi connectivity index (χ2n) is 10.2. The summed E-state index contributed by atoms with van der Waals surface area (Å²) in [6.07, 6.45) is 1.47. The second-order valence-corrected chi connectivity index (χ2v) is 10.2. The van der Waals surface area contributed by atoms with E-state index >= 15 is 0 Å². The molecule has 0 fully saturated rings. The fourth-order valence-corrected chi connectivity index (χ4v) is 5.66. The van der Waals surface area contributed by atoms with E-state index in [1.54, 1.807) is 7.11 Å². The van der Waals surface area contributed by atoms with Gasteiger partial charge in [-0.2, -0.15) is 5.10 Å². The SMILES string of the molecule is COc1ccc2c(c1)c1ccc(Oc3cccc(-n4nc(C)c(-c5ccccc5)c4C)c3)cc1n2-c1cc(F)ccn1. The van der Waals surface area contributed by atoms with Crippen LogP contribution in [0.3, 0.4) is 0 Å². The van der Waals surface area contributed by atoms with E-state index in [0.717, 1.165) is 55.8 Å². The number of aromatic nitrogens is 4. The molecular weight excluding hydrogens is 527 g/mol. The lowest BCUT2D eigenvalue weighted by Gasteiger charge is -2.11. The maximum Gasteiger partial charge on any atom is 0.140 e. The van der Waals surface area contributed by atoms with Gasteiger partial charge in [0.25, 0.3) is 0 Å². The van der Waals surface area contributed by atoms with Gasteiger partial charge in [-0.3, -0.25) is 4.57 Å². The van der Waals surface area contributed by atoms with Gasteiger partial charge < -0.3 is 9.47 Å². The molecule has 3 heterocycles. The van der Waals surface area contributed by atoms with Gasteiger partial charge in [-0.25, -0.2) is 14.1 Å². The first-order chi connectivity index (χ1) is 20.5. The average molecular weight is 555 g/mol. The first kappa shape index (κ1) is 25.5. The lowest BCUT2D eigenvalue weighted by molar-refractivity contribution is 0.415. The van der Waals surface area contributed by atoms with Crippen molar-refractivity contribution in [3.8, 4) is 39.9 Å². The molecular formula is C35H27FN4O2. The summed E-state index contributed by atoms with van der Waals surface area (Å²) in [5, 5.41) is 6.80. The summed E-state index contributed by atoms with van der Waals surface area (Å²) in [5.41, 5.74) is 6.92. The fourth-order valence-electron chi connectivity index (χ4n) is 5.66. The third-order valence-corrected chi connectivity index (χ3v) is 7.53. The first-order valence-corrected chi connectivity index (χ1v) is 13.6. The Labute approximate surface area is 242 Å². The van der Waals surface area contributed by atoms with Crippen LogP contribution in [0.15, 0.2) is 109 Å². The molecule has 4 aromatic carbocycles. The number of halogens is 1. The van der Waals surface area contributed by atoms with Crippen LogP contribution in [0.4, 0.5) is 4.39 Å². The maximum atomic E-state index is 14.3. The molecule has 0 saturated heterocycles. The van der Waals surface area contributed by atoms with Gasteiger partial charge in [-0.1, -0.05) is 36.4 Å². The van der Waals surface area contributed by atoms with Crippen LogP contribution in [-0.2, 0) is 0 Å². The summed E-state index contributed by atoms with van der Waals surface area (Å²) >= 11 is 0. The van der Waals surface area contributed by atoms with E-state index in [1.807, 2.05) is 95.0 Å². The third-order valence-electron chi connectivity index (χ3n) is 7.53. The van der Waals surface area contributed by atoms with Crippen LogP contribution in [0.25, 0.3) is 44.4 Å². The van der Waals surface area contributed by atoms with Crippen LogP contribution >= 0.6 is 0 Å². The molecule has 0 bridgehead atoms. The Morgan fingerprint density at radius 3 is 2.33 bits per heavy atom. The quantitative estimate of drug-likeness (QED) is 0.207. The molecule has 0 aliphatic heterocycles. The number of methoxy groups -OCH3 is 1. The monoisotopic (exact) mass is 554 g/mol. The van der Waals surface area contributed by atoms with Crippen LogP contribution in [0.1, 0.15) is 11.4 Å². The molecule has 0 saturated carbocycles. The number of hydrogen-bond donors (Lipinski definition) is 0. The number of fused-ring (bicyclic) bond motifs is 3. The maximum absolute atomic E-state index is 14.3. The molecule has 0 aliphatic carbocycles. The molecule has 0 atom stereocenters. The lowest BCUT2D eigenvalue weighted by atomic mass is 10.0. The van der Waals surface area contributed by atoms with E-state index in [4.69, 9.17) is 14.6 Å². The van der Waals surface area contributed by atoms with Crippen LogP contribution in [0, 0.1) is 19.7 Å². The summed E-state index contributed by atoms with van der Waals surface area (Å²) in [7, 11) is 1.64. The highest BCUT2D eigenvalue weighted by molar-refractivity contribution is 6.10. The number of pyridine rings is 1. The lowest BCUT2D eigenvalue weighted by Crippen LogP contribution is -1.99. The highest BCUT2D eigenvalue weighted by atomic mass is 19.1. The Bertz CT molecular complexity index is 2100. The smallest absolute Gasteiger partial charge is 0.140 e. The molecule has 7 aromatic rings. The fraction of sp³-hybridized carbons (Fsp3) is 0.0857. The zero-order chi connectivity index (χ0) is 28.8. The van der Waals surface area contributed by atoms with Crippen molar-refractivity contribution in [1.82, 2.24) is 19.3 Å². The molecule has 206 valence electrons. The molecule has 0 unspecified atom stereocenters. The predicted molar refractivity (Wildman–Crippen MR) is 164 cm³/mol. The van der Waals surface area contributed by atoms with Gasteiger partial charge >= 0.3 is 0 Å². The van der Waals surface area contributed by atoms with Crippen LogP contribution in [-0.4, -0.2) is 26.4 Å². The van der Waals surface area contributed by atoms with Crippen molar-refractivity contribution in [3.05, 3.63) is 127 Å². The van der Waals surface area contributed by atoms with E-state index in [1.165, 1.54) is 18.3 Å². The zero-order valence-electron chi connectivity index (χ0n) is 23.4.